The number of anilines is 2. The summed E-state index contributed by atoms with van der Waals surface area (Å²) in [4.78, 5) is 4.67. The van der Waals surface area contributed by atoms with Gasteiger partial charge in [0.1, 0.15) is 5.75 Å². The molecule has 0 aliphatic rings. The molecule has 14 heteroatoms. The lowest BCUT2D eigenvalue weighted by atomic mass is 10.0. The van der Waals surface area contributed by atoms with Crippen molar-refractivity contribution in [2.24, 2.45) is 0 Å². The highest BCUT2D eigenvalue weighted by atomic mass is 32.1. The fourth-order valence-corrected chi connectivity index (χ4v) is 4.68. The number of rotatable bonds is 15. The number of benzene rings is 3. The molecule has 0 saturated carbocycles. The quantitative estimate of drug-likeness (QED) is 0.0623. The molecule has 246 valence electrons. The van der Waals surface area contributed by atoms with Gasteiger partial charge in [-0.05, 0) is 73.4 Å². The van der Waals surface area contributed by atoms with Crippen LogP contribution in [0.4, 0.5) is 24.8 Å². The van der Waals surface area contributed by atoms with Crippen molar-refractivity contribution in [2.75, 3.05) is 30.4 Å². The molecule has 3 aromatic carbocycles. The number of hydrazine groups is 1. The van der Waals surface area contributed by atoms with Crippen molar-refractivity contribution >= 4 is 29.0 Å². The van der Waals surface area contributed by atoms with Gasteiger partial charge in [-0.1, -0.05) is 56.3 Å². The standard InChI is InChI=1S/C32H38F3N7O3S/c1-5-43-28(44-6-2)20-36-30-39-29(41-42(30)24-15-17-25(18-16-24)45-32(33,34)35)23-13-11-22(12-14-23)19-37-40-31(46)38-27-10-8-7-9-26(27)21(3)4/h7-18,21,28,37H,5-6,19-20H2,1-4H3,(H,36,39,41)(H2,38,40,46). The Morgan fingerprint density at radius 1 is 0.935 bits per heavy atom. The van der Waals surface area contributed by atoms with E-state index in [9.17, 15) is 13.2 Å². The minimum Gasteiger partial charge on any atom is -0.406 e. The van der Waals surface area contributed by atoms with E-state index in [4.69, 9.17) is 21.7 Å². The van der Waals surface area contributed by atoms with E-state index in [-0.39, 0.29) is 12.3 Å². The first-order valence-electron chi connectivity index (χ1n) is 14.8. The van der Waals surface area contributed by atoms with Gasteiger partial charge in [0.15, 0.2) is 17.2 Å². The van der Waals surface area contributed by atoms with Crippen LogP contribution in [0.1, 0.15) is 44.7 Å². The zero-order chi connectivity index (χ0) is 33.1. The Kier molecular flexibility index (Phi) is 12.3. The molecule has 0 aliphatic heterocycles. The zero-order valence-electron chi connectivity index (χ0n) is 26.0. The summed E-state index contributed by atoms with van der Waals surface area (Å²) >= 11 is 5.45. The number of nitrogens with one attached hydrogen (secondary N) is 4. The van der Waals surface area contributed by atoms with Gasteiger partial charge in [-0.2, -0.15) is 9.67 Å². The third-order valence-electron chi connectivity index (χ3n) is 6.59. The lowest BCUT2D eigenvalue weighted by Crippen LogP contribution is -2.39. The molecule has 0 saturated heterocycles. The first-order valence-corrected chi connectivity index (χ1v) is 15.3. The van der Waals surface area contributed by atoms with Crippen LogP contribution in [-0.4, -0.2) is 52.3 Å². The van der Waals surface area contributed by atoms with E-state index in [0.29, 0.717) is 48.2 Å². The van der Waals surface area contributed by atoms with Crippen LogP contribution >= 0.6 is 12.2 Å². The molecular weight excluding hydrogens is 619 g/mol. The summed E-state index contributed by atoms with van der Waals surface area (Å²) in [6.07, 6.45) is -5.32. The molecule has 46 heavy (non-hydrogen) atoms. The number of ether oxygens (including phenoxy) is 3. The molecule has 0 bridgehead atoms. The number of aromatic nitrogens is 3. The third-order valence-corrected chi connectivity index (χ3v) is 6.80. The highest BCUT2D eigenvalue weighted by Gasteiger charge is 2.31. The van der Waals surface area contributed by atoms with Crippen molar-refractivity contribution in [3.63, 3.8) is 0 Å². The van der Waals surface area contributed by atoms with E-state index < -0.39 is 12.7 Å². The first-order chi connectivity index (χ1) is 22.1. The van der Waals surface area contributed by atoms with Crippen molar-refractivity contribution in [1.82, 2.24) is 25.6 Å². The number of thiocarbonyl (C=S) groups is 1. The first kappa shape index (κ1) is 34.6. The van der Waals surface area contributed by atoms with Crippen LogP contribution in [0.25, 0.3) is 17.1 Å². The Hall–Kier alpha value is -4.24. The van der Waals surface area contributed by atoms with Crippen LogP contribution in [0.15, 0.2) is 72.8 Å². The Labute approximate surface area is 271 Å². The summed E-state index contributed by atoms with van der Waals surface area (Å²) in [5.41, 5.74) is 10.5. The lowest BCUT2D eigenvalue weighted by molar-refractivity contribution is -0.274. The van der Waals surface area contributed by atoms with Crippen LogP contribution in [0.3, 0.4) is 0 Å². The van der Waals surface area contributed by atoms with E-state index in [0.717, 1.165) is 16.8 Å². The molecule has 1 heterocycles. The minimum atomic E-state index is -4.79. The van der Waals surface area contributed by atoms with Crippen LogP contribution in [-0.2, 0) is 16.0 Å². The van der Waals surface area contributed by atoms with Gasteiger partial charge in [-0.15, -0.1) is 18.3 Å². The van der Waals surface area contributed by atoms with Gasteiger partial charge in [0.25, 0.3) is 0 Å². The Balaban J connectivity index is 1.45. The molecule has 4 N–H and O–H groups in total. The van der Waals surface area contributed by atoms with Gasteiger partial charge in [0.2, 0.25) is 5.95 Å². The largest absolute Gasteiger partial charge is 0.573 e. The SMILES string of the molecule is CCOC(CNc1nc(-c2ccc(CNNC(=S)Nc3ccccc3C(C)C)cc2)nn1-c1ccc(OC(F)(F)F)cc1)OCC. The van der Waals surface area contributed by atoms with Crippen molar-refractivity contribution < 1.29 is 27.4 Å². The number of nitrogens with zero attached hydrogens (tertiary/aromatic N) is 3. The molecule has 0 fully saturated rings. The van der Waals surface area contributed by atoms with Crippen molar-refractivity contribution in [3.8, 4) is 22.8 Å². The summed E-state index contributed by atoms with van der Waals surface area (Å²) in [7, 11) is 0. The molecule has 10 nitrogen and oxygen atoms in total. The van der Waals surface area contributed by atoms with Crippen LogP contribution < -0.4 is 26.2 Å². The molecule has 0 aliphatic carbocycles. The van der Waals surface area contributed by atoms with Crippen molar-refractivity contribution in [1.29, 1.82) is 0 Å². The fraction of sp³-hybridized carbons (Fsp3) is 0.344. The maximum absolute atomic E-state index is 12.7. The Morgan fingerprint density at radius 2 is 1.61 bits per heavy atom. The molecule has 0 unspecified atom stereocenters. The third kappa shape index (κ3) is 10.1. The fourth-order valence-electron chi connectivity index (χ4n) is 4.50. The smallest absolute Gasteiger partial charge is 0.406 e. The highest BCUT2D eigenvalue weighted by molar-refractivity contribution is 7.80. The van der Waals surface area contributed by atoms with Crippen LogP contribution in [0, 0.1) is 0 Å². The number of halogens is 3. The maximum atomic E-state index is 12.7. The molecule has 0 atom stereocenters. The van der Waals surface area contributed by atoms with Crippen LogP contribution in [0.5, 0.6) is 5.75 Å². The summed E-state index contributed by atoms with van der Waals surface area (Å²) in [6, 6.07) is 21.1. The molecule has 0 spiro atoms. The topological polar surface area (TPSA) is 107 Å². The number of hydrogen-bond donors (Lipinski definition) is 4. The number of hydrogen-bond acceptors (Lipinski definition) is 8. The van der Waals surface area contributed by atoms with Crippen molar-refractivity contribution in [2.45, 2.75) is 52.8 Å². The van der Waals surface area contributed by atoms with Gasteiger partial charge in [0.05, 0.1) is 12.2 Å². The Morgan fingerprint density at radius 3 is 2.24 bits per heavy atom. The molecule has 1 aromatic heterocycles. The van der Waals surface area contributed by atoms with E-state index in [1.54, 1.807) is 0 Å². The normalized spacial score (nSPS) is 11.6. The average molecular weight is 658 g/mol. The second kappa shape index (κ2) is 16.4. The van der Waals surface area contributed by atoms with E-state index in [2.05, 4.69) is 56.2 Å². The van der Waals surface area contributed by atoms with E-state index in [1.807, 2.05) is 56.3 Å². The summed E-state index contributed by atoms with van der Waals surface area (Å²) in [6.45, 7) is 9.66. The predicted molar refractivity (Wildman–Crippen MR) is 176 cm³/mol. The summed E-state index contributed by atoms with van der Waals surface area (Å²) < 4.78 is 54.8. The second-order valence-corrected chi connectivity index (χ2v) is 10.7. The lowest BCUT2D eigenvalue weighted by Gasteiger charge is -2.17. The number of para-hydroxylation sites is 1. The minimum absolute atomic E-state index is 0.270. The molecule has 4 aromatic rings. The van der Waals surface area contributed by atoms with Gasteiger partial charge < -0.3 is 24.8 Å². The molecule has 0 amide bonds. The molecule has 4 rings (SSSR count). The van der Waals surface area contributed by atoms with Crippen molar-refractivity contribution in [3.05, 3.63) is 83.9 Å². The van der Waals surface area contributed by atoms with E-state index >= 15 is 0 Å². The second-order valence-electron chi connectivity index (χ2n) is 10.3. The Bertz CT molecular complexity index is 1540. The number of alkyl halides is 3. The average Bonchev–Trinajstić information content (AvgIpc) is 3.44. The highest BCUT2D eigenvalue weighted by Crippen LogP contribution is 2.27. The predicted octanol–water partition coefficient (Wildman–Crippen LogP) is 6.76. The van der Waals surface area contributed by atoms with Gasteiger partial charge in [-0.25, -0.2) is 5.43 Å². The molecular formula is C32H38F3N7O3S. The monoisotopic (exact) mass is 657 g/mol. The van der Waals surface area contributed by atoms with Gasteiger partial charge >= 0.3 is 6.36 Å². The maximum Gasteiger partial charge on any atom is 0.573 e. The van der Waals surface area contributed by atoms with E-state index in [1.165, 1.54) is 34.5 Å². The molecule has 0 radical (unpaired) electrons. The van der Waals surface area contributed by atoms with Gasteiger partial charge in [-0.3, -0.25) is 5.43 Å². The summed E-state index contributed by atoms with van der Waals surface area (Å²) in [5.74, 6) is 0.786. The zero-order valence-corrected chi connectivity index (χ0v) is 26.8. The summed E-state index contributed by atoms with van der Waals surface area (Å²) in [5, 5.41) is 11.5. The van der Waals surface area contributed by atoms with Gasteiger partial charge in [0, 0.05) is 31.0 Å². The van der Waals surface area contributed by atoms with Crippen LogP contribution in [0.2, 0.25) is 0 Å².